The Kier molecular flexibility index (Phi) is 2.02. The van der Waals surface area contributed by atoms with Crippen molar-refractivity contribution in [3.05, 3.63) is 0 Å². The molecule has 5 nitrogen and oxygen atoms in total. The number of carbonyl (C=O) groups excluding carboxylic acids is 3. The van der Waals surface area contributed by atoms with Crippen molar-refractivity contribution in [1.29, 1.82) is 0 Å². The molecule has 0 aromatic rings. The maximum absolute atomic E-state index is 11.6. The molecule has 1 saturated heterocycles. The largest absolute Gasteiger partial charge is 0.338 e. The minimum atomic E-state index is -0.966. The summed E-state index contributed by atoms with van der Waals surface area (Å²) in [4.78, 5) is 34.2. The molecule has 76 valence electrons. The molecule has 1 saturated carbocycles. The van der Waals surface area contributed by atoms with Crippen LogP contribution in [0.3, 0.4) is 0 Å². The summed E-state index contributed by atoms with van der Waals surface area (Å²) in [6.07, 6.45) is 1.37. The number of hydrogen-bond donors (Lipinski definition) is 2. The van der Waals surface area contributed by atoms with E-state index in [9.17, 15) is 14.4 Å². The second kappa shape index (κ2) is 3.08. The van der Waals surface area contributed by atoms with Crippen molar-refractivity contribution in [3.8, 4) is 0 Å². The van der Waals surface area contributed by atoms with Crippen LogP contribution in [0.5, 0.6) is 0 Å². The van der Waals surface area contributed by atoms with Crippen molar-refractivity contribution in [2.45, 2.75) is 25.7 Å². The molecule has 1 heterocycles. The van der Waals surface area contributed by atoms with Gasteiger partial charge in [-0.2, -0.15) is 0 Å². The van der Waals surface area contributed by atoms with Crippen LogP contribution in [0.15, 0.2) is 0 Å². The zero-order chi connectivity index (χ0) is 10.2. The Balaban J connectivity index is 2.23. The fourth-order valence-electron chi connectivity index (χ4n) is 2.06. The molecule has 0 unspecified atom stereocenters. The predicted molar refractivity (Wildman–Crippen MR) is 47.1 cm³/mol. The monoisotopic (exact) mass is 196 g/mol. The lowest BCUT2D eigenvalue weighted by Gasteiger charge is -2.36. The van der Waals surface area contributed by atoms with Gasteiger partial charge in [0.2, 0.25) is 11.8 Å². The van der Waals surface area contributed by atoms with E-state index in [2.05, 4.69) is 10.6 Å². The fraction of sp³-hybridized carbons (Fsp3) is 0.667. The maximum atomic E-state index is 11.6. The lowest BCUT2D eigenvalue weighted by atomic mass is 9.71. The van der Waals surface area contributed by atoms with Gasteiger partial charge in [0, 0.05) is 12.8 Å². The molecule has 1 aliphatic heterocycles. The molecular formula is C9H12N2O3. The first kappa shape index (κ1) is 9.18. The highest BCUT2D eigenvalue weighted by Gasteiger charge is 2.49. The van der Waals surface area contributed by atoms with Crippen molar-refractivity contribution in [2.75, 3.05) is 6.67 Å². The third-order valence-electron chi connectivity index (χ3n) is 3.03. The van der Waals surface area contributed by atoms with Crippen molar-refractivity contribution in [3.63, 3.8) is 0 Å². The summed E-state index contributed by atoms with van der Waals surface area (Å²) < 4.78 is 0. The van der Waals surface area contributed by atoms with Gasteiger partial charge < -0.3 is 10.6 Å². The van der Waals surface area contributed by atoms with Crippen LogP contribution in [-0.2, 0) is 14.4 Å². The molecule has 2 amide bonds. The first-order chi connectivity index (χ1) is 6.65. The molecule has 0 bridgehead atoms. The minimum absolute atomic E-state index is 0.141. The second-order valence-electron chi connectivity index (χ2n) is 3.81. The highest BCUT2D eigenvalue weighted by Crippen LogP contribution is 2.36. The van der Waals surface area contributed by atoms with Gasteiger partial charge >= 0.3 is 0 Å². The summed E-state index contributed by atoms with van der Waals surface area (Å²) in [6.45, 7) is 0.202. The Morgan fingerprint density at radius 1 is 0.929 bits per heavy atom. The molecular weight excluding hydrogens is 184 g/mol. The van der Waals surface area contributed by atoms with E-state index in [4.69, 9.17) is 0 Å². The zero-order valence-corrected chi connectivity index (χ0v) is 7.76. The van der Waals surface area contributed by atoms with E-state index in [1.54, 1.807) is 0 Å². The first-order valence-corrected chi connectivity index (χ1v) is 4.73. The second-order valence-corrected chi connectivity index (χ2v) is 3.81. The average Bonchev–Trinajstić information content (AvgIpc) is 2.17. The Bertz CT molecular complexity index is 283. The van der Waals surface area contributed by atoms with Gasteiger partial charge in [-0.05, 0) is 12.8 Å². The summed E-state index contributed by atoms with van der Waals surface area (Å²) >= 11 is 0. The topological polar surface area (TPSA) is 75.3 Å². The van der Waals surface area contributed by atoms with Gasteiger partial charge in [0.1, 0.15) is 11.2 Å². The number of Topliss-reactive ketones (excluding diaryl/α,β-unsaturated/α-hetero) is 1. The normalized spacial score (nSPS) is 25.9. The van der Waals surface area contributed by atoms with E-state index in [0.29, 0.717) is 25.7 Å². The quantitative estimate of drug-likeness (QED) is 0.504. The lowest BCUT2D eigenvalue weighted by Crippen LogP contribution is -2.60. The van der Waals surface area contributed by atoms with Crippen LogP contribution < -0.4 is 10.6 Å². The summed E-state index contributed by atoms with van der Waals surface area (Å²) in [5.41, 5.74) is -0.966. The van der Waals surface area contributed by atoms with Gasteiger partial charge in [0.05, 0.1) is 6.67 Å². The van der Waals surface area contributed by atoms with Gasteiger partial charge in [-0.25, -0.2) is 0 Å². The third kappa shape index (κ3) is 1.20. The molecule has 0 aromatic heterocycles. The fourth-order valence-corrected chi connectivity index (χ4v) is 2.06. The van der Waals surface area contributed by atoms with Crippen LogP contribution in [0.2, 0.25) is 0 Å². The third-order valence-corrected chi connectivity index (χ3v) is 3.03. The van der Waals surface area contributed by atoms with Crippen LogP contribution >= 0.6 is 0 Å². The van der Waals surface area contributed by atoms with E-state index < -0.39 is 5.41 Å². The zero-order valence-electron chi connectivity index (χ0n) is 7.76. The first-order valence-electron chi connectivity index (χ1n) is 4.73. The van der Waals surface area contributed by atoms with E-state index in [1.807, 2.05) is 0 Å². The van der Waals surface area contributed by atoms with Crippen LogP contribution in [0, 0.1) is 5.41 Å². The van der Waals surface area contributed by atoms with Crippen molar-refractivity contribution in [2.24, 2.45) is 5.41 Å². The highest BCUT2D eigenvalue weighted by atomic mass is 16.2. The SMILES string of the molecule is O=C1CCC2(CC1)C(=O)NCNC2=O. The Hall–Kier alpha value is -1.39. The van der Waals surface area contributed by atoms with Crippen molar-refractivity contribution in [1.82, 2.24) is 10.6 Å². The molecule has 14 heavy (non-hydrogen) atoms. The number of amides is 2. The van der Waals surface area contributed by atoms with Gasteiger partial charge in [0.25, 0.3) is 0 Å². The lowest BCUT2D eigenvalue weighted by molar-refractivity contribution is -0.150. The molecule has 0 radical (unpaired) electrons. The van der Waals surface area contributed by atoms with Crippen LogP contribution in [-0.4, -0.2) is 24.3 Å². The van der Waals surface area contributed by atoms with Gasteiger partial charge in [0.15, 0.2) is 0 Å². The van der Waals surface area contributed by atoms with Gasteiger partial charge in [-0.1, -0.05) is 0 Å². The van der Waals surface area contributed by atoms with Gasteiger partial charge in [-0.15, -0.1) is 0 Å². The van der Waals surface area contributed by atoms with E-state index in [0.717, 1.165) is 0 Å². The molecule has 2 fully saturated rings. The van der Waals surface area contributed by atoms with E-state index >= 15 is 0 Å². The molecule has 2 rings (SSSR count). The standard InChI is InChI=1S/C9H12N2O3/c12-6-1-3-9(4-2-6)7(13)10-5-11-8(9)14/h1-5H2,(H,10,13)(H,11,14). The Morgan fingerprint density at radius 3 is 1.93 bits per heavy atom. The molecule has 1 spiro atoms. The van der Waals surface area contributed by atoms with E-state index in [1.165, 1.54) is 0 Å². The Morgan fingerprint density at radius 2 is 1.43 bits per heavy atom. The Labute approximate surface area is 81.2 Å². The number of nitrogens with one attached hydrogen (secondary N) is 2. The van der Waals surface area contributed by atoms with Gasteiger partial charge in [-0.3, -0.25) is 14.4 Å². The van der Waals surface area contributed by atoms with Crippen molar-refractivity contribution < 1.29 is 14.4 Å². The number of hydrogen-bond acceptors (Lipinski definition) is 3. The number of ketones is 1. The predicted octanol–water partition coefficient (Wildman–Crippen LogP) is -0.681. The average molecular weight is 196 g/mol. The molecule has 0 atom stereocenters. The van der Waals surface area contributed by atoms with Crippen LogP contribution in [0.25, 0.3) is 0 Å². The maximum Gasteiger partial charge on any atom is 0.237 e. The molecule has 2 N–H and O–H groups in total. The smallest absolute Gasteiger partial charge is 0.237 e. The summed E-state index contributed by atoms with van der Waals surface area (Å²) in [6, 6.07) is 0. The molecule has 1 aliphatic carbocycles. The summed E-state index contributed by atoms with van der Waals surface area (Å²) in [5.74, 6) is -0.315. The van der Waals surface area contributed by atoms with Crippen LogP contribution in [0.1, 0.15) is 25.7 Å². The highest BCUT2D eigenvalue weighted by molar-refractivity contribution is 6.08. The van der Waals surface area contributed by atoms with Crippen molar-refractivity contribution >= 4 is 17.6 Å². The minimum Gasteiger partial charge on any atom is -0.338 e. The van der Waals surface area contributed by atoms with Crippen LogP contribution in [0.4, 0.5) is 0 Å². The molecule has 0 aromatic carbocycles. The summed E-state index contributed by atoms with van der Waals surface area (Å²) in [7, 11) is 0. The number of rotatable bonds is 0. The molecule has 2 aliphatic rings. The summed E-state index contributed by atoms with van der Waals surface area (Å²) in [5, 5.41) is 5.21. The molecule has 5 heteroatoms. The number of carbonyl (C=O) groups is 3. The van der Waals surface area contributed by atoms with E-state index in [-0.39, 0.29) is 24.3 Å².